The summed E-state index contributed by atoms with van der Waals surface area (Å²) in [5.41, 5.74) is -0.176. The van der Waals surface area contributed by atoms with Crippen LogP contribution >= 0.6 is 27.5 Å². The molecule has 2 aromatic carbocycles. The van der Waals surface area contributed by atoms with Gasteiger partial charge in [-0.1, -0.05) is 11.6 Å². The summed E-state index contributed by atoms with van der Waals surface area (Å²) in [5, 5.41) is 13.6. The van der Waals surface area contributed by atoms with Crippen molar-refractivity contribution < 1.29 is 14.1 Å². The maximum atomic E-state index is 13.0. The molecule has 0 atom stereocenters. The summed E-state index contributed by atoms with van der Waals surface area (Å²) in [4.78, 5) is 22.4. The van der Waals surface area contributed by atoms with Crippen molar-refractivity contribution in [2.45, 2.75) is 0 Å². The van der Waals surface area contributed by atoms with Crippen LogP contribution in [0, 0.1) is 15.9 Å². The van der Waals surface area contributed by atoms with Gasteiger partial charge in [0.25, 0.3) is 11.6 Å². The Labute approximate surface area is 132 Å². The zero-order valence-electron chi connectivity index (χ0n) is 10.3. The lowest BCUT2D eigenvalue weighted by molar-refractivity contribution is -0.383. The molecular formula is C13H7BrClFN2O3. The van der Waals surface area contributed by atoms with E-state index in [4.69, 9.17) is 11.6 Å². The topological polar surface area (TPSA) is 72.2 Å². The van der Waals surface area contributed by atoms with Crippen molar-refractivity contribution >= 4 is 44.8 Å². The van der Waals surface area contributed by atoms with Gasteiger partial charge in [0, 0.05) is 15.6 Å². The van der Waals surface area contributed by atoms with Crippen LogP contribution in [0.25, 0.3) is 0 Å². The number of amides is 1. The number of nitrogens with one attached hydrogen (secondary N) is 1. The van der Waals surface area contributed by atoms with E-state index in [0.717, 1.165) is 12.1 Å². The first kappa shape index (κ1) is 15.4. The van der Waals surface area contributed by atoms with Crippen LogP contribution in [0.2, 0.25) is 5.02 Å². The van der Waals surface area contributed by atoms with Gasteiger partial charge in [0.15, 0.2) is 0 Å². The molecule has 0 aliphatic rings. The van der Waals surface area contributed by atoms with Gasteiger partial charge in [-0.2, -0.15) is 0 Å². The summed E-state index contributed by atoms with van der Waals surface area (Å²) in [6.45, 7) is 0. The first-order valence-electron chi connectivity index (χ1n) is 5.59. The lowest BCUT2D eigenvalue weighted by Crippen LogP contribution is -2.14. The Morgan fingerprint density at radius 2 is 2.00 bits per heavy atom. The SMILES string of the molecule is O=C(Nc1cc(Cl)ccc1[N+](=O)[O-])c1ccc(F)cc1Br. The number of nitrogens with zero attached hydrogens (tertiary/aromatic N) is 1. The minimum absolute atomic E-state index is 0.0336. The van der Waals surface area contributed by atoms with E-state index in [0.29, 0.717) is 0 Å². The van der Waals surface area contributed by atoms with Gasteiger partial charge in [-0.15, -0.1) is 0 Å². The van der Waals surface area contributed by atoms with Gasteiger partial charge in [-0.05, 0) is 46.3 Å². The van der Waals surface area contributed by atoms with E-state index in [1.165, 1.54) is 24.3 Å². The van der Waals surface area contributed by atoms with Gasteiger partial charge in [0.1, 0.15) is 11.5 Å². The van der Waals surface area contributed by atoms with Gasteiger partial charge in [-0.3, -0.25) is 14.9 Å². The number of hydrogen-bond donors (Lipinski definition) is 1. The third-order valence-corrected chi connectivity index (χ3v) is 3.47. The number of hydrogen-bond acceptors (Lipinski definition) is 3. The van der Waals surface area contributed by atoms with Gasteiger partial charge in [0.05, 0.1) is 10.5 Å². The van der Waals surface area contributed by atoms with E-state index in [9.17, 15) is 19.3 Å². The Bertz CT molecular complexity index is 739. The number of carbonyl (C=O) groups is 1. The quantitative estimate of drug-likeness (QED) is 0.640. The molecule has 8 heteroatoms. The Morgan fingerprint density at radius 1 is 1.29 bits per heavy atom. The standard InChI is InChI=1S/C13H7BrClFN2O3/c14-10-6-8(16)2-3-9(10)13(19)17-11-5-7(15)1-4-12(11)18(20)21/h1-6H,(H,17,19). The highest BCUT2D eigenvalue weighted by Crippen LogP contribution is 2.29. The van der Waals surface area contributed by atoms with E-state index in [2.05, 4.69) is 21.2 Å². The van der Waals surface area contributed by atoms with Crippen molar-refractivity contribution in [1.82, 2.24) is 0 Å². The molecule has 0 aromatic heterocycles. The summed E-state index contributed by atoms with van der Waals surface area (Å²) >= 11 is 8.83. The third-order valence-electron chi connectivity index (χ3n) is 2.58. The maximum absolute atomic E-state index is 13.0. The Morgan fingerprint density at radius 3 is 2.62 bits per heavy atom. The van der Waals surface area contributed by atoms with Crippen LogP contribution in [0.3, 0.4) is 0 Å². The van der Waals surface area contributed by atoms with Crippen LogP contribution in [-0.2, 0) is 0 Å². The van der Waals surface area contributed by atoms with Crippen LogP contribution in [-0.4, -0.2) is 10.8 Å². The lowest BCUT2D eigenvalue weighted by Gasteiger charge is -2.08. The van der Waals surface area contributed by atoms with Crippen molar-refractivity contribution in [1.29, 1.82) is 0 Å². The first-order valence-corrected chi connectivity index (χ1v) is 6.76. The zero-order valence-corrected chi connectivity index (χ0v) is 12.6. The number of nitro groups is 1. The van der Waals surface area contributed by atoms with Crippen molar-refractivity contribution in [3.8, 4) is 0 Å². The molecule has 2 rings (SSSR count). The predicted molar refractivity (Wildman–Crippen MR) is 80.2 cm³/mol. The maximum Gasteiger partial charge on any atom is 0.292 e. The fraction of sp³-hybridized carbons (Fsp3) is 0. The molecule has 1 N–H and O–H groups in total. The number of nitro benzene ring substituents is 1. The smallest absolute Gasteiger partial charge is 0.292 e. The molecule has 1 amide bonds. The number of benzene rings is 2. The Kier molecular flexibility index (Phi) is 4.54. The van der Waals surface area contributed by atoms with Crippen LogP contribution in [0.4, 0.5) is 15.8 Å². The van der Waals surface area contributed by atoms with Gasteiger partial charge >= 0.3 is 0 Å². The molecule has 0 spiro atoms. The van der Waals surface area contributed by atoms with Gasteiger partial charge in [0.2, 0.25) is 0 Å². The second kappa shape index (κ2) is 6.19. The summed E-state index contributed by atoms with van der Waals surface area (Å²) in [6, 6.07) is 7.33. The summed E-state index contributed by atoms with van der Waals surface area (Å²) in [5.74, 6) is -1.13. The molecule has 0 aliphatic heterocycles. The molecule has 0 unspecified atom stereocenters. The van der Waals surface area contributed by atoms with Crippen LogP contribution in [0.1, 0.15) is 10.4 Å². The van der Waals surface area contributed by atoms with Crippen LogP contribution in [0.15, 0.2) is 40.9 Å². The largest absolute Gasteiger partial charge is 0.316 e. The molecule has 0 heterocycles. The number of carbonyl (C=O) groups excluding carboxylic acids is 1. The molecule has 0 radical (unpaired) electrons. The second-order valence-corrected chi connectivity index (χ2v) is 5.29. The van der Waals surface area contributed by atoms with Crippen molar-refractivity contribution in [2.75, 3.05) is 5.32 Å². The monoisotopic (exact) mass is 372 g/mol. The Hall–Kier alpha value is -1.99. The Balaban J connectivity index is 2.35. The average molecular weight is 374 g/mol. The highest BCUT2D eigenvalue weighted by molar-refractivity contribution is 9.10. The fourth-order valence-electron chi connectivity index (χ4n) is 1.63. The van der Waals surface area contributed by atoms with E-state index in [1.807, 2.05) is 0 Å². The zero-order chi connectivity index (χ0) is 15.6. The van der Waals surface area contributed by atoms with E-state index >= 15 is 0 Å². The number of halogens is 3. The average Bonchev–Trinajstić information content (AvgIpc) is 2.37. The molecule has 0 saturated carbocycles. The second-order valence-electron chi connectivity index (χ2n) is 4.00. The number of anilines is 1. The summed E-state index contributed by atoms with van der Waals surface area (Å²) in [6.07, 6.45) is 0. The third kappa shape index (κ3) is 3.56. The number of rotatable bonds is 3. The predicted octanol–water partition coefficient (Wildman–Crippen LogP) is 4.40. The molecule has 5 nitrogen and oxygen atoms in total. The normalized spacial score (nSPS) is 10.2. The molecule has 21 heavy (non-hydrogen) atoms. The summed E-state index contributed by atoms with van der Waals surface area (Å²) < 4.78 is 13.2. The minimum atomic E-state index is -0.633. The van der Waals surface area contributed by atoms with E-state index < -0.39 is 16.6 Å². The molecule has 0 aliphatic carbocycles. The minimum Gasteiger partial charge on any atom is -0.316 e. The van der Waals surface area contributed by atoms with Crippen molar-refractivity contribution in [3.05, 3.63) is 67.4 Å². The van der Waals surface area contributed by atoms with Crippen LogP contribution < -0.4 is 5.32 Å². The molecule has 0 fully saturated rings. The molecular weight excluding hydrogens is 367 g/mol. The molecule has 0 saturated heterocycles. The van der Waals surface area contributed by atoms with E-state index in [-0.39, 0.29) is 26.4 Å². The van der Waals surface area contributed by atoms with Crippen molar-refractivity contribution in [3.63, 3.8) is 0 Å². The van der Waals surface area contributed by atoms with Crippen LogP contribution in [0.5, 0.6) is 0 Å². The fourth-order valence-corrected chi connectivity index (χ4v) is 2.33. The molecule has 0 bridgehead atoms. The molecule has 108 valence electrons. The van der Waals surface area contributed by atoms with Gasteiger partial charge < -0.3 is 5.32 Å². The highest BCUT2D eigenvalue weighted by Gasteiger charge is 2.18. The van der Waals surface area contributed by atoms with E-state index in [1.54, 1.807) is 0 Å². The van der Waals surface area contributed by atoms with Gasteiger partial charge in [-0.25, -0.2) is 4.39 Å². The summed E-state index contributed by atoms with van der Waals surface area (Å²) in [7, 11) is 0. The highest BCUT2D eigenvalue weighted by atomic mass is 79.9. The lowest BCUT2D eigenvalue weighted by atomic mass is 10.2. The first-order chi connectivity index (χ1) is 9.88. The van der Waals surface area contributed by atoms with Crippen molar-refractivity contribution in [2.24, 2.45) is 0 Å². The molecule has 2 aromatic rings.